The molecule has 0 saturated heterocycles. The number of amides is 1. The van der Waals surface area contributed by atoms with Gasteiger partial charge in [0.05, 0.1) is 12.6 Å². The fourth-order valence-corrected chi connectivity index (χ4v) is 6.75. The second kappa shape index (κ2) is 7.32. The van der Waals surface area contributed by atoms with Crippen molar-refractivity contribution in [3.8, 4) is 5.75 Å². The first kappa shape index (κ1) is 18.9. The maximum atomic E-state index is 12.9. The number of nitrogens with zero attached hydrogens (tertiary/aromatic N) is 1. The van der Waals surface area contributed by atoms with Gasteiger partial charge in [0, 0.05) is 32.9 Å². The molecule has 2 aromatic rings. The first-order valence-electron chi connectivity index (χ1n) is 11.2. The summed E-state index contributed by atoms with van der Waals surface area (Å²) in [6.07, 6.45) is 8.37. The molecule has 4 nitrogen and oxygen atoms in total. The molecule has 0 atom stereocenters. The monoisotopic (exact) mass is 393 g/mol. The molecule has 4 fully saturated rings. The Hall–Kier alpha value is -2.07. The van der Waals surface area contributed by atoms with Crippen molar-refractivity contribution < 1.29 is 14.8 Å². The minimum absolute atomic E-state index is 0.246. The molecular weight excluding hydrogens is 360 g/mol. The summed E-state index contributed by atoms with van der Waals surface area (Å²) in [6.45, 7) is 1.25. The van der Waals surface area contributed by atoms with Gasteiger partial charge < -0.3 is 15.0 Å². The van der Waals surface area contributed by atoms with Crippen LogP contribution in [0.4, 0.5) is 0 Å². The predicted octanol–water partition coefficient (Wildman–Crippen LogP) is 3.34. The zero-order chi connectivity index (χ0) is 20.0. The van der Waals surface area contributed by atoms with Crippen LogP contribution in [0, 0.1) is 17.8 Å². The van der Waals surface area contributed by atoms with Gasteiger partial charge in [-0.05, 0) is 71.6 Å². The standard InChI is InChI=1S/C25H32N2O2/c1-27(16-17-3-4-22-11-23(29-2)6-5-21(22)10-17)24(28)15-26-25-12-18-7-19(13-25)9-20(8-18)14-25/h3-6,10-11,18-20,26H,7-9,12-16H2,1-2H3/p+1. The Labute approximate surface area is 173 Å². The fourth-order valence-electron chi connectivity index (χ4n) is 6.75. The Morgan fingerprint density at radius 1 is 1.03 bits per heavy atom. The Morgan fingerprint density at radius 2 is 1.66 bits per heavy atom. The van der Waals surface area contributed by atoms with E-state index in [1.165, 1.54) is 49.5 Å². The zero-order valence-corrected chi connectivity index (χ0v) is 17.7. The van der Waals surface area contributed by atoms with E-state index in [9.17, 15) is 4.79 Å². The molecule has 4 saturated carbocycles. The third-order valence-electron chi connectivity index (χ3n) is 7.75. The number of methoxy groups -OCH3 is 1. The number of benzene rings is 2. The van der Waals surface area contributed by atoms with Crippen LogP contribution in [0.2, 0.25) is 0 Å². The van der Waals surface area contributed by atoms with E-state index in [4.69, 9.17) is 4.74 Å². The summed E-state index contributed by atoms with van der Waals surface area (Å²) in [6, 6.07) is 12.5. The molecule has 4 bridgehead atoms. The largest absolute Gasteiger partial charge is 0.497 e. The molecule has 1 amide bonds. The second-order valence-electron chi connectivity index (χ2n) is 9.99. The van der Waals surface area contributed by atoms with E-state index >= 15 is 0 Å². The molecule has 4 aliphatic carbocycles. The van der Waals surface area contributed by atoms with Crippen molar-refractivity contribution in [3.05, 3.63) is 42.0 Å². The average molecular weight is 394 g/mol. The van der Waals surface area contributed by atoms with E-state index in [0.717, 1.165) is 28.9 Å². The Morgan fingerprint density at radius 3 is 2.31 bits per heavy atom. The summed E-state index contributed by atoms with van der Waals surface area (Å²) in [5, 5.41) is 4.77. The van der Waals surface area contributed by atoms with Crippen LogP contribution in [0.25, 0.3) is 10.8 Å². The van der Waals surface area contributed by atoms with Gasteiger partial charge in [0.1, 0.15) is 5.75 Å². The highest BCUT2D eigenvalue weighted by Gasteiger charge is 2.53. The topological polar surface area (TPSA) is 46.1 Å². The van der Waals surface area contributed by atoms with Gasteiger partial charge in [-0.1, -0.05) is 18.2 Å². The quantitative estimate of drug-likeness (QED) is 0.818. The summed E-state index contributed by atoms with van der Waals surface area (Å²) in [4.78, 5) is 14.8. The number of carbonyl (C=O) groups is 1. The van der Waals surface area contributed by atoms with Gasteiger partial charge in [0.2, 0.25) is 0 Å². The van der Waals surface area contributed by atoms with Crippen molar-refractivity contribution in [2.45, 2.75) is 50.6 Å². The summed E-state index contributed by atoms with van der Waals surface area (Å²) >= 11 is 0. The Bertz CT molecular complexity index is 887. The lowest BCUT2D eigenvalue weighted by molar-refractivity contribution is -0.730. The first-order chi connectivity index (χ1) is 14.0. The molecule has 6 rings (SSSR count). The van der Waals surface area contributed by atoms with Crippen LogP contribution < -0.4 is 10.1 Å². The van der Waals surface area contributed by atoms with E-state index in [0.29, 0.717) is 18.6 Å². The first-order valence-corrected chi connectivity index (χ1v) is 11.2. The smallest absolute Gasteiger partial charge is 0.277 e. The van der Waals surface area contributed by atoms with Crippen molar-refractivity contribution in [1.29, 1.82) is 0 Å². The zero-order valence-electron chi connectivity index (χ0n) is 17.7. The van der Waals surface area contributed by atoms with Gasteiger partial charge >= 0.3 is 0 Å². The molecule has 29 heavy (non-hydrogen) atoms. The third kappa shape index (κ3) is 3.75. The number of nitrogens with two attached hydrogens (primary N) is 1. The molecule has 2 N–H and O–H groups in total. The van der Waals surface area contributed by atoms with Gasteiger partial charge in [-0.15, -0.1) is 0 Å². The summed E-state index contributed by atoms with van der Waals surface area (Å²) in [5.74, 6) is 3.91. The number of fused-ring (bicyclic) bond motifs is 1. The molecular formula is C25H33N2O2+. The molecule has 0 heterocycles. The van der Waals surface area contributed by atoms with Crippen molar-refractivity contribution in [2.24, 2.45) is 17.8 Å². The number of likely N-dealkylation sites (N-methyl/N-ethyl adjacent to an activating group) is 1. The SMILES string of the molecule is COc1ccc2cc(CN(C)C(=O)C[NH2+]C34CC5CC(CC(C5)C3)C4)ccc2c1. The fraction of sp³-hybridized carbons (Fsp3) is 0.560. The van der Waals surface area contributed by atoms with Crippen molar-refractivity contribution in [1.82, 2.24) is 4.90 Å². The molecule has 0 unspecified atom stereocenters. The predicted molar refractivity (Wildman–Crippen MR) is 115 cm³/mol. The molecule has 0 radical (unpaired) electrons. The molecule has 4 heteroatoms. The van der Waals surface area contributed by atoms with Gasteiger partial charge in [-0.2, -0.15) is 0 Å². The van der Waals surface area contributed by atoms with Crippen LogP contribution in [0.1, 0.15) is 44.1 Å². The van der Waals surface area contributed by atoms with Crippen LogP contribution in [0.15, 0.2) is 36.4 Å². The number of hydrogen-bond donors (Lipinski definition) is 1. The highest BCUT2D eigenvalue weighted by Crippen LogP contribution is 2.54. The summed E-state index contributed by atoms with van der Waals surface area (Å²) < 4.78 is 5.31. The van der Waals surface area contributed by atoms with Crippen LogP contribution in [0.5, 0.6) is 5.75 Å². The van der Waals surface area contributed by atoms with Crippen molar-refractivity contribution >= 4 is 16.7 Å². The molecule has 0 aliphatic heterocycles. The average Bonchev–Trinajstić information content (AvgIpc) is 2.70. The van der Waals surface area contributed by atoms with Gasteiger partial charge in [0.25, 0.3) is 5.91 Å². The van der Waals surface area contributed by atoms with E-state index in [1.807, 2.05) is 18.0 Å². The van der Waals surface area contributed by atoms with Crippen LogP contribution in [-0.4, -0.2) is 37.0 Å². The van der Waals surface area contributed by atoms with E-state index in [1.54, 1.807) is 7.11 Å². The molecule has 2 aromatic carbocycles. The highest BCUT2D eigenvalue weighted by molar-refractivity contribution is 5.84. The minimum Gasteiger partial charge on any atom is -0.497 e. The minimum atomic E-state index is 0.246. The lowest BCUT2D eigenvalue weighted by Gasteiger charge is -2.54. The lowest BCUT2D eigenvalue weighted by Crippen LogP contribution is -3.00. The molecule has 154 valence electrons. The lowest BCUT2D eigenvalue weighted by atomic mass is 9.53. The van der Waals surface area contributed by atoms with Crippen molar-refractivity contribution in [3.63, 3.8) is 0 Å². The number of carbonyl (C=O) groups excluding carboxylic acids is 1. The normalized spacial score (nSPS) is 29.9. The highest BCUT2D eigenvalue weighted by atomic mass is 16.5. The number of hydrogen-bond acceptors (Lipinski definition) is 2. The van der Waals surface area contributed by atoms with Gasteiger partial charge in [-0.25, -0.2) is 0 Å². The van der Waals surface area contributed by atoms with E-state index < -0.39 is 0 Å². The van der Waals surface area contributed by atoms with E-state index in [-0.39, 0.29) is 5.91 Å². The third-order valence-corrected chi connectivity index (χ3v) is 7.75. The maximum absolute atomic E-state index is 12.9. The van der Waals surface area contributed by atoms with Crippen LogP contribution in [-0.2, 0) is 11.3 Å². The Kier molecular flexibility index (Phi) is 4.78. The maximum Gasteiger partial charge on any atom is 0.277 e. The number of rotatable bonds is 6. The molecule has 4 aliphatic rings. The second-order valence-corrected chi connectivity index (χ2v) is 9.99. The molecule has 0 spiro atoms. The van der Waals surface area contributed by atoms with Crippen LogP contribution >= 0.6 is 0 Å². The number of quaternary nitrogens is 1. The summed E-state index contributed by atoms with van der Waals surface area (Å²) in [5.41, 5.74) is 1.54. The van der Waals surface area contributed by atoms with Crippen molar-refractivity contribution in [2.75, 3.05) is 20.7 Å². The van der Waals surface area contributed by atoms with E-state index in [2.05, 4.69) is 35.6 Å². The summed E-state index contributed by atoms with van der Waals surface area (Å²) in [7, 11) is 3.63. The van der Waals surface area contributed by atoms with Crippen LogP contribution in [0.3, 0.4) is 0 Å². The molecule has 0 aromatic heterocycles. The van der Waals surface area contributed by atoms with Gasteiger partial charge in [-0.3, -0.25) is 4.79 Å². The van der Waals surface area contributed by atoms with Gasteiger partial charge in [0.15, 0.2) is 6.54 Å². The number of ether oxygens (including phenoxy) is 1. The Balaban J connectivity index is 1.20.